The van der Waals surface area contributed by atoms with Gasteiger partial charge in [0.2, 0.25) is 0 Å². The van der Waals surface area contributed by atoms with E-state index >= 15 is 0 Å². The smallest absolute Gasteiger partial charge is 0.0968 e. The van der Waals surface area contributed by atoms with Crippen LogP contribution in [0.1, 0.15) is 6.92 Å². The van der Waals surface area contributed by atoms with Gasteiger partial charge in [0.15, 0.2) is 0 Å². The fourth-order valence-corrected chi connectivity index (χ4v) is 0.562. The molecule has 0 fully saturated rings. The molecule has 42 valence electrons. The molecule has 0 aliphatic rings. The summed E-state index contributed by atoms with van der Waals surface area (Å²) in [6.45, 7) is 1.69. The predicted octanol–water partition coefficient (Wildman–Crippen LogP) is 0.707. The maximum Gasteiger partial charge on any atom is 0.0968 e. The van der Waals surface area contributed by atoms with Crippen LogP contribution in [-0.4, -0.2) is 22.5 Å². The molecule has 0 aromatic heterocycles. The van der Waals surface area contributed by atoms with E-state index in [1.54, 1.807) is 6.92 Å². The molecule has 0 radical (unpaired) electrons. The third-order valence-corrected chi connectivity index (χ3v) is 1.26. The minimum Gasteiger partial charge on any atom is -0.383 e. The minimum absolute atomic E-state index is 0.332. The fraction of sp³-hybridized carbons (Fsp3) is 0.750. The highest BCUT2D eigenvalue weighted by Crippen LogP contribution is 2.02. The van der Waals surface area contributed by atoms with Gasteiger partial charge < -0.3 is 10.5 Å². The van der Waals surface area contributed by atoms with Crippen molar-refractivity contribution in [2.45, 2.75) is 12.4 Å². The highest BCUT2D eigenvalue weighted by Gasteiger charge is 1.89. The van der Waals surface area contributed by atoms with Crippen LogP contribution in [0.2, 0.25) is 0 Å². The molecule has 1 unspecified atom stereocenters. The molecule has 0 rings (SSSR count). The molecule has 0 aliphatic carbocycles. The van der Waals surface area contributed by atoms with Crippen molar-refractivity contribution in [1.29, 1.82) is 5.41 Å². The van der Waals surface area contributed by atoms with E-state index in [1.807, 2.05) is 0 Å². The second-order valence-corrected chi connectivity index (χ2v) is 2.49. The first-order valence-corrected chi connectivity index (χ1v) is 3.11. The lowest BCUT2D eigenvalue weighted by molar-refractivity contribution is 0.284. The zero-order chi connectivity index (χ0) is 5.70. The largest absolute Gasteiger partial charge is 0.383 e. The van der Waals surface area contributed by atoms with Gasteiger partial charge in [-0.3, -0.25) is 0 Å². The Kier molecular flexibility index (Phi) is 4.14. The van der Waals surface area contributed by atoms with Crippen molar-refractivity contribution in [3.63, 3.8) is 0 Å². The average Bonchev–Trinajstić information content (AvgIpc) is 1.61. The summed E-state index contributed by atoms with van der Waals surface area (Å²) in [7, 11) is 0. The predicted molar refractivity (Wildman–Crippen MR) is 32.9 cm³/mol. The molecule has 0 saturated carbocycles. The molecule has 0 aromatic rings. The molecular weight excluding hydrogens is 110 g/mol. The van der Waals surface area contributed by atoms with Gasteiger partial charge in [0, 0.05) is 12.0 Å². The topological polar surface area (TPSA) is 44.1 Å². The standard InChI is InChI=1S/C4H9NOS/c1-4(6)7-3-2-5/h2,4-6H,3H2,1H3. The Morgan fingerprint density at radius 1 is 2.00 bits per heavy atom. The Labute approximate surface area is 47.4 Å². The molecule has 0 aliphatic heterocycles. The van der Waals surface area contributed by atoms with Crippen LogP contribution in [0, 0.1) is 5.41 Å². The first-order valence-electron chi connectivity index (χ1n) is 2.06. The number of nitrogens with one attached hydrogen (secondary N) is 1. The number of aliphatic hydroxyl groups excluding tert-OH is 1. The van der Waals surface area contributed by atoms with Crippen molar-refractivity contribution in [2.24, 2.45) is 0 Å². The van der Waals surface area contributed by atoms with Gasteiger partial charge in [-0.25, -0.2) is 0 Å². The van der Waals surface area contributed by atoms with Gasteiger partial charge >= 0.3 is 0 Å². The lowest BCUT2D eigenvalue weighted by Gasteiger charge is -1.96. The molecular formula is C4H9NOS. The van der Waals surface area contributed by atoms with Crippen molar-refractivity contribution in [3.8, 4) is 0 Å². The molecule has 0 spiro atoms. The SMILES string of the molecule is CC(O)SCC=N. The molecule has 3 heteroatoms. The summed E-state index contributed by atoms with van der Waals surface area (Å²) in [4.78, 5) is 0. The lowest BCUT2D eigenvalue weighted by atomic mass is 10.9. The van der Waals surface area contributed by atoms with Crippen LogP contribution >= 0.6 is 11.8 Å². The second kappa shape index (κ2) is 4.15. The molecule has 2 nitrogen and oxygen atoms in total. The summed E-state index contributed by atoms with van der Waals surface area (Å²) in [6, 6.07) is 0. The van der Waals surface area contributed by atoms with Crippen LogP contribution < -0.4 is 0 Å². The van der Waals surface area contributed by atoms with Crippen molar-refractivity contribution in [3.05, 3.63) is 0 Å². The zero-order valence-electron chi connectivity index (χ0n) is 4.22. The van der Waals surface area contributed by atoms with E-state index in [-0.39, 0.29) is 5.44 Å². The summed E-state index contributed by atoms with van der Waals surface area (Å²) >= 11 is 1.34. The van der Waals surface area contributed by atoms with Crippen molar-refractivity contribution in [1.82, 2.24) is 0 Å². The van der Waals surface area contributed by atoms with E-state index in [9.17, 15) is 0 Å². The number of hydrogen-bond acceptors (Lipinski definition) is 3. The normalized spacial score (nSPS) is 13.4. The van der Waals surface area contributed by atoms with E-state index < -0.39 is 0 Å². The lowest BCUT2D eigenvalue weighted by Crippen LogP contribution is -1.93. The van der Waals surface area contributed by atoms with Gasteiger partial charge in [-0.1, -0.05) is 0 Å². The molecule has 0 saturated heterocycles. The summed E-state index contributed by atoms with van der Waals surface area (Å²) < 4.78 is 0. The quantitative estimate of drug-likeness (QED) is 0.424. The van der Waals surface area contributed by atoms with Crippen LogP contribution in [0.3, 0.4) is 0 Å². The average molecular weight is 119 g/mol. The molecule has 0 bridgehead atoms. The number of aliphatic hydroxyl groups is 1. The Hall–Kier alpha value is -0.0200. The summed E-state index contributed by atoms with van der Waals surface area (Å²) in [5.41, 5.74) is -0.332. The summed E-state index contributed by atoms with van der Waals surface area (Å²) in [5.74, 6) is 0.609. The van der Waals surface area contributed by atoms with Crippen LogP contribution in [0.4, 0.5) is 0 Å². The van der Waals surface area contributed by atoms with E-state index in [0.717, 1.165) is 0 Å². The Balaban J connectivity index is 2.81. The van der Waals surface area contributed by atoms with Gasteiger partial charge in [0.05, 0.1) is 5.44 Å². The molecule has 1 atom stereocenters. The van der Waals surface area contributed by atoms with Crippen LogP contribution in [0.25, 0.3) is 0 Å². The third-order valence-electron chi connectivity index (χ3n) is 0.421. The molecule has 0 heterocycles. The minimum atomic E-state index is -0.332. The first kappa shape index (κ1) is 6.98. The van der Waals surface area contributed by atoms with E-state index in [4.69, 9.17) is 10.5 Å². The molecule has 0 amide bonds. The van der Waals surface area contributed by atoms with Crippen LogP contribution in [0.15, 0.2) is 0 Å². The van der Waals surface area contributed by atoms with Gasteiger partial charge in [0.25, 0.3) is 0 Å². The van der Waals surface area contributed by atoms with E-state index in [0.29, 0.717) is 5.75 Å². The highest BCUT2D eigenvalue weighted by atomic mass is 32.2. The monoisotopic (exact) mass is 119 g/mol. The Morgan fingerprint density at radius 3 is 2.71 bits per heavy atom. The van der Waals surface area contributed by atoms with Crippen LogP contribution in [0.5, 0.6) is 0 Å². The maximum absolute atomic E-state index is 8.54. The fourth-order valence-electron chi connectivity index (χ4n) is 0.187. The number of hydrogen-bond donors (Lipinski definition) is 2. The van der Waals surface area contributed by atoms with Crippen molar-refractivity contribution in [2.75, 3.05) is 5.75 Å². The first-order chi connectivity index (χ1) is 3.27. The Morgan fingerprint density at radius 2 is 2.57 bits per heavy atom. The number of thioether (sulfide) groups is 1. The van der Waals surface area contributed by atoms with Gasteiger partial charge in [0.1, 0.15) is 0 Å². The molecule has 7 heavy (non-hydrogen) atoms. The second-order valence-electron chi connectivity index (χ2n) is 1.14. The third kappa shape index (κ3) is 5.98. The van der Waals surface area contributed by atoms with Crippen molar-refractivity contribution < 1.29 is 5.11 Å². The summed E-state index contributed by atoms with van der Waals surface area (Å²) in [5, 5.41) is 15.1. The highest BCUT2D eigenvalue weighted by molar-refractivity contribution is 8.00. The van der Waals surface area contributed by atoms with Crippen LogP contribution in [-0.2, 0) is 0 Å². The maximum atomic E-state index is 8.54. The van der Waals surface area contributed by atoms with Gasteiger partial charge in [-0.15, -0.1) is 11.8 Å². The molecule has 2 N–H and O–H groups in total. The Bertz CT molecular complexity index is 55.7. The molecule has 0 aromatic carbocycles. The number of rotatable bonds is 3. The zero-order valence-corrected chi connectivity index (χ0v) is 5.03. The summed E-state index contributed by atoms with van der Waals surface area (Å²) in [6.07, 6.45) is 1.28. The van der Waals surface area contributed by atoms with Gasteiger partial charge in [-0.05, 0) is 6.92 Å². The van der Waals surface area contributed by atoms with E-state index in [1.165, 1.54) is 18.0 Å². The van der Waals surface area contributed by atoms with Gasteiger partial charge in [-0.2, -0.15) is 0 Å². The van der Waals surface area contributed by atoms with Crippen molar-refractivity contribution >= 4 is 18.0 Å². The van der Waals surface area contributed by atoms with E-state index in [2.05, 4.69) is 0 Å².